The molecule has 0 bridgehead atoms. The summed E-state index contributed by atoms with van der Waals surface area (Å²) < 4.78 is 0. The molecule has 2 N–H and O–H groups in total. The normalized spacial score (nSPS) is 27.2. The molecule has 2 atom stereocenters. The molecule has 4 heteroatoms. The quantitative estimate of drug-likeness (QED) is 0.682. The highest BCUT2D eigenvalue weighted by atomic mass is 16.4. The highest BCUT2D eigenvalue weighted by Gasteiger charge is 2.33. The zero-order chi connectivity index (χ0) is 9.84. The van der Waals surface area contributed by atoms with Crippen molar-refractivity contribution >= 4 is 11.9 Å². The fraction of sp³-hybridized carbons (Fsp3) is 0.778. The van der Waals surface area contributed by atoms with Crippen molar-refractivity contribution in [2.24, 2.45) is 5.92 Å². The van der Waals surface area contributed by atoms with E-state index >= 15 is 0 Å². The Morgan fingerprint density at radius 2 is 2.15 bits per heavy atom. The van der Waals surface area contributed by atoms with Gasteiger partial charge in [0.05, 0.1) is 5.92 Å². The molecule has 13 heavy (non-hydrogen) atoms. The molecule has 1 rings (SSSR count). The predicted molar refractivity (Wildman–Crippen MR) is 47.2 cm³/mol. The van der Waals surface area contributed by atoms with E-state index < -0.39 is 5.97 Å². The SMILES string of the molecule is CCC(=O)NC1CCCC1C(=O)O. The van der Waals surface area contributed by atoms with Crippen LogP contribution in [0.4, 0.5) is 0 Å². The van der Waals surface area contributed by atoms with Gasteiger partial charge in [0.15, 0.2) is 0 Å². The van der Waals surface area contributed by atoms with Crippen LogP contribution in [0, 0.1) is 5.92 Å². The fourth-order valence-corrected chi connectivity index (χ4v) is 1.74. The molecule has 0 heterocycles. The largest absolute Gasteiger partial charge is 0.481 e. The molecule has 4 nitrogen and oxygen atoms in total. The van der Waals surface area contributed by atoms with Crippen LogP contribution in [0.5, 0.6) is 0 Å². The second kappa shape index (κ2) is 4.25. The Labute approximate surface area is 77.3 Å². The van der Waals surface area contributed by atoms with Crippen LogP contribution in [0.25, 0.3) is 0 Å². The summed E-state index contributed by atoms with van der Waals surface area (Å²) in [5.74, 6) is -1.23. The van der Waals surface area contributed by atoms with Crippen molar-refractivity contribution in [1.29, 1.82) is 0 Å². The van der Waals surface area contributed by atoms with Crippen LogP contribution in [0.15, 0.2) is 0 Å². The van der Waals surface area contributed by atoms with E-state index in [-0.39, 0.29) is 17.9 Å². The lowest BCUT2D eigenvalue weighted by Crippen LogP contribution is -2.39. The number of carboxylic acid groups (broad SMARTS) is 1. The lowest BCUT2D eigenvalue weighted by molar-refractivity contribution is -0.142. The fourth-order valence-electron chi connectivity index (χ4n) is 1.74. The summed E-state index contributed by atoms with van der Waals surface area (Å²) in [6, 6.07) is -0.148. The van der Waals surface area contributed by atoms with Crippen LogP contribution >= 0.6 is 0 Å². The van der Waals surface area contributed by atoms with E-state index in [4.69, 9.17) is 5.11 Å². The first kappa shape index (κ1) is 10.0. The van der Waals surface area contributed by atoms with Crippen molar-refractivity contribution in [1.82, 2.24) is 5.32 Å². The van der Waals surface area contributed by atoms with Gasteiger partial charge in [-0.3, -0.25) is 9.59 Å². The minimum atomic E-state index is -0.793. The summed E-state index contributed by atoms with van der Waals surface area (Å²) in [6.07, 6.45) is 2.79. The summed E-state index contributed by atoms with van der Waals surface area (Å²) in [7, 11) is 0. The number of carbonyl (C=O) groups excluding carboxylic acids is 1. The Kier molecular flexibility index (Phi) is 3.28. The minimum absolute atomic E-state index is 0.0573. The molecule has 1 fully saturated rings. The Morgan fingerprint density at radius 3 is 2.69 bits per heavy atom. The molecule has 1 aliphatic rings. The summed E-state index contributed by atoms with van der Waals surface area (Å²) in [5, 5.41) is 11.6. The molecule has 0 aliphatic heterocycles. The average Bonchev–Trinajstić information content (AvgIpc) is 2.52. The minimum Gasteiger partial charge on any atom is -0.481 e. The molecule has 0 aromatic rings. The lowest BCUT2D eigenvalue weighted by atomic mass is 10.0. The summed E-state index contributed by atoms with van der Waals surface area (Å²) in [4.78, 5) is 21.8. The van der Waals surface area contributed by atoms with Gasteiger partial charge in [0.1, 0.15) is 0 Å². The first-order valence-electron chi connectivity index (χ1n) is 4.67. The number of hydrogen-bond acceptors (Lipinski definition) is 2. The van der Waals surface area contributed by atoms with Crippen LogP contribution in [0.1, 0.15) is 32.6 Å². The van der Waals surface area contributed by atoms with E-state index in [1.165, 1.54) is 0 Å². The molecule has 1 saturated carbocycles. The Hall–Kier alpha value is -1.06. The van der Waals surface area contributed by atoms with Crippen LogP contribution in [0.2, 0.25) is 0 Å². The van der Waals surface area contributed by atoms with Crippen molar-refractivity contribution in [2.75, 3.05) is 0 Å². The van der Waals surface area contributed by atoms with Crippen molar-refractivity contribution in [3.8, 4) is 0 Å². The molecule has 0 radical (unpaired) electrons. The van der Waals surface area contributed by atoms with E-state index in [2.05, 4.69) is 5.32 Å². The van der Waals surface area contributed by atoms with E-state index in [9.17, 15) is 9.59 Å². The third-order valence-corrected chi connectivity index (χ3v) is 2.50. The standard InChI is InChI=1S/C9H15NO3/c1-2-8(11)10-7-5-3-4-6(7)9(12)13/h6-7H,2-5H2,1H3,(H,10,11)(H,12,13). The maximum atomic E-state index is 11.0. The summed E-state index contributed by atoms with van der Waals surface area (Å²) in [5.41, 5.74) is 0. The molecular weight excluding hydrogens is 170 g/mol. The molecule has 0 saturated heterocycles. The third kappa shape index (κ3) is 2.44. The molecule has 2 unspecified atom stereocenters. The molecule has 74 valence electrons. The zero-order valence-corrected chi connectivity index (χ0v) is 7.75. The van der Waals surface area contributed by atoms with Gasteiger partial charge in [-0.2, -0.15) is 0 Å². The number of rotatable bonds is 3. The number of carbonyl (C=O) groups is 2. The number of aliphatic carboxylic acids is 1. The molecule has 0 aromatic carbocycles. The van der Waals surface area contributed by atoms with Crippen molar-refractivity contribution < 1.29 is 14.7 Å². The van der Waals surface area contributed by atoms with Gasteiger partial charge in [0, 0.05) is 12.5 Å². The summed E-state index contributed by atoms with van der Waals surface area (Å²) >= 11 is 0. The van der Waals surface area contributed by atoms with Gasteiger partial charge < -0.3 is 10.4 Å². The van der Waals surface area contributed by atoms with Crippen molar-refractivity contribution in [2.45, 2.75) is 38.6 Å². The van der Waals surface area contributed by atoms with Gasteiger partial charge in [-0.25, -0.2) is 0 Å². The van der Waals surface area contributed by atoms with E-state index in [1.54, 1.807) is 6.92 Å². The molecule has 1 amide bonds. The van der Waals surface area contributed by atoms with E-state index in [0.717, 1.165) is 12.8 Å². The van der Waals surface area contributed by atoms with E-state index in [0.29, 0.717) is 12.8 Å². The van der Waals surface area contributed by atoms with Crippen LogP contribution in [-0.4, -0.2) is 23.0 Å². The molecule has 0 spiro atoms. The van der Waals surface area contributed by atoms with Gasteiger partial charge in [0.2, 0.25) is 5.91 Å². The number of hydrogen-bond donors (Lipinski definition) is 2. The summed E-state index contributed by atoms with van der Waals surface area (Å²) in [6.45, 7) is 1.76. The smallest absolute Gasteiger partial charge is 0.308 e. The Bertz CT molecular complexity index is 215. The maximum Gasteiger partial charge on any atom is 0.308 e. The molecule has 1 aliphatic carbocycles. The van der Waals surface area contributed by atoms with Crippen LogP contribution in [0.3, 0.4) is 0 Å². The highest BCUT2D eigenvalue weighted by molar-refractivity contribution is 5.78. The van der Waals surface area contributed by atoms with Gasteiger partial charge in [-0.1, -0.05) is 13.3 Å². The first-order valence-corrected chi connectivity index (χ1v) is 4.67. The Balaban J connectivity index is 2.48. The number of amides is 1. The first-order chi connectivity index (χ1) is 6.15. The van der Waals surface area contributed by atoms with Gasteiger partial charge >= 0.3 is 5.97 Å². The zero-order valence-electron chi connectivity index (χ0n) is 7.75. The predicted octanol–water partition coefficient (Wildman–Crippen LogP) is 0.766. The third-order valence-electron chi connectivity index (χ3n) is 2.50. The lowest BCUT2D eigenvalue weighted by Gasteiger charge is -2.16. The molecule has 0 aromatic heterocycles. The van der Waals surface area contributed by atoms with Crippen molar-refractivity contribution in [3.05, 3.63) is 0 Å². The highest BCUT2D eigenvalue weighted by Crippen LogP contribution is 2.25. The second-order valence-corrected chi connectivity index (χ2v) is 3.40. The number of carboxylic acids is 1. The Morgan fingerprint density at radius 1 is 1.46 bits per heavy atom. The number of nitrogens with one attached hydrogen (secondary N) is 1. The van der Waals surface area contributed by atoms with Crippen LogP contribution < -0.4 is 5.32 Å². The topological polar surface area (TPSA) is 66.4 Å². The van der Waals surface area contributed by atoms with Gasteiger partial charge in [0.25, 0.3) is 0 Å². The van der Waals surface area contributed by atoms with Gasteiger partial charge in [-0.15, -0.1) is 0 Å². The maximum absolute atomic E-state index is 11.0. The van der Waals surface area contributed by atoms with Crippen molar-refractivity contribution in [3.63, 3.8) is 0 Å². The average molecular weight is 185 g/mol. The van der Waals surface area contributed by atoms with Crippen LogP contribution in [-0.2, 0) is 9.59 Å². The molecular formula is C9H15NO3. The second-order valence-electron chi connectivity index (χ2n) is 3.40. The van der Waals surface area contributed by atoms with Gasteiger partial charge in [-0.05, 0) is 12.8 Å². The van der Waals surface area contributed by atoms with E-state index in [1.807, 2.05) is 0 Å². The monoisotopic (exact) mass is 185 g/mol.